The number of nitrogens with zero attached hydrogens (tertiary/aromatic N) is 4. The topological polar surface area (TPSA) is 94.5 Å². The average Bonchev–Trinajstić information content (AvgIpc) is 2.97. The molecule has 1 fully saturated rings. The van der Waals surface area contributed by atoms with Gasteiger partial charge in [0.1, 0.15) is 6.54 Å². The maximum atomic E-state index is 12.2. The minimum atomic E-state index is -0.615. The van der Waals surface area contributed by atoms with Crippen LogP contribution in [0.2, 0.25) is 0 Å². The first-order valence-electron chi connectivity index (χ1n) is 6.83. The molecule has 0 aromatic rings. The third-order valence-electron chi connectivity index (χ3n) is 4.29. The van der Waals surface area contributed by atoms with Gasteiger partial charge in [-0.15, -0.1) is 0 Å². The van der Waals surface area contributed by atoms with Crippen LogP contribution in [0.4, 0.5) is 4.79 Å². The lowest BCUT2D eigenvalue weighted by Crippen LogP contribution is -2.63. The molecule has 2 atom stereocenters. The zero-order valence-corrected chi connectivity index (χ0v) is 12.8. The number of fused-ring (bicyclic) bond motifs is 3. The zero-order valence-electron chi connectivity index (χ0n) is 12.8. The Morgan fingerprint density at radius 3 is 2.64 bits per heavy atom. The van der Waals surface area contributed by atoms with Crippen molar-refractivity contribution in [3.8, 4) is 0 Å². The Balaban J connectivity index is 1.99. The number of carbonyl (C=O) groups is 3. The molecule has 0 radical (unpaired) electrons. The number of allylic oxidation sites excluding steroid dienone is 2. The van der Waals surface area contributed by atoms with Crippen molar-refractivity contribution in [1.29, 1.82) is 0 Å². The first kappa shape index (κ1) is 14.4. The van der Waals surface area contributed by atoms with Crippen molar-refractivity contribution in [3.63, 3.8) is 0 Å². The molecule has 3 aliphatic rings. The lowest BCUT2D eigenvalue weighted by Gasteiger charge is -2.35. The standard InChI is InChI=1S/C13H17N5O4/c1-6-7(2)18-9-10(16(3)13(21)15-11(9)20)14-12(18)17(6)5-8(19)22-4/h9-10H,5H2,1-4H3,(H,15,20,21). The van der Waals surface area contributed by atoms with Crippen LogP contribution in [-0.2, 0) is 14.3 Å². The maximum absolute atomic E-state index is 12.2. The van der Waals surface area contributed by atoms with Gasteiger partial charge in [-0.25, -0.2) is 9.79 Å². The number of urea groups is 1. The number of amides is 3. The van der Waals surface area contributed by atoms with Crippen LogP contribution in [0.1, 0.15) is 13.8 Å². The van der Waals surface area contributed by atoms with Crippen molar-refractivity contribution in [1.82, 2.24) is 20.0 Å². The number of ether oxygens (including phenoxy) is 1. The van der Waals surface area contributed by atoms with Crippen molar-refractivity contribution in [2.24, 2.45) is 4.99 Å². The van der Waals surface area contributed by atoms with Crippen LogP contribution in [-0.4, -0.2) is 71.5 Å². The van der Waals surface area contributed by atoms with Gasteiger partial charge in [0, 0.05) is 18.4 Å². The van der Waals surface area contributed by atoms with Crippen molar-refractivity contribution in [2.45, 2.75) is 26.1 Å². The monoisotopic (exact) mass is 307 g/mol. The number of esters is 1. The Labute approximate surface area is 127 Å². The summed E-state index contributed by atoms with van der Waals surface area (Å²) in [6, 6.07) is -1.09. The number of imide groups is 1. The normalized spacial score (nSPS) is 26.9. The molecule has 9 heteroatoms. The highest BCUT2D eigenvalue weighted by Crippen LogP contribution is 2.35. The minimum Gasteiger partial charge on any atom is -0.468 e. The summed E-state index contributed by atoms with van der Waals surface area (Å²) in [5, 5.41) is 2.32. The van der Waals surface area contributed by atoms with E-state index in [1.165, 1.54) is 12.0 Å². The number of rotatable bonds is 2. The van der Waals surface area contributed by atoms with E-state index in [-0.39, 0.29) is 12.5 Å². The molecular weight excluding hydrogens is 290 g/mol. The molecule has 0 bridgehead atoms. The first-order chi connectivity index (χ1) is 10.4. The Kier molecular flexibility index (Phi) is 3.08. The molecule has 3 amide bonds. The van der Waals surface area contributed by atoms with Crippen LogP contribution < -0.4 is 5.32 Å². The van der Waals surface area contributed by atoms with Gasteiger partial charge in [-0.1, -0.05) is 0 Å². The summed E-state index contributed by atoms with van der Waals surface area (Å²) >= 11 is 0. The van der Waals surface area contributed by atoms with Crippen LogP contribution >= 0.6 is 0 Å². The molecule has 118 valence electrons. The van der Waals surface area contributed by atoms with Crippen LogP contribution in [0.15, 0.2) is 16.4 Å². The summed E-state index contributed by atoms with van der Waals surface area (Å²) in [5.74, 6) is -0.300. The second-order valence-electron chi connectivity index (χ2n) is 5.40. The van der Waals surface area contributed by atoms with E-state index in [1.807, 2.05) is 13.8 Å². The van der Waals surface area contributed by atoms with Gasteiger partial charge in [0.15, 0.2) is 12.2 Å². The van der Waals surface area contributed by atoms with Crippen LogP contribution in [0.25, 0.3) is 0 Å². The van der Waals surface area contributed by atoms with E-state index < -0.39 is 24.2 Å². The van der Waals surface area contributed by atoms with Gasteiger partial charge < -0.3 is 14.5 Å². The summed E-state index contributed by atoms with van der Waals surface area (Å²) in [5.41, 5.74) is 1.66. The maximum Gasteiger partial charge on any atom is 0.325 e. The van der Waals surface area contributed by atoms with Crippen molar-refractivity contribution in [3.05, 3.63) is 11.4 Å². The van der Waals surface area contributed by atoms with E-state index in [1.54, 1.807) is 16.8 Å². The number of methoxy groups -OCH3 is 1. The molecular formula is C13H17N5O4. The fourth-order valence-corrected chi connectivity index (χ4v) is 2.91. The number of likely N-dealkylation sites (N-methyl/N-ethyl adjacent to an activating group) is 1. The highest BCUT2D eigenvalue weighted by Gasteiger charge is 2.53. The predicted octanol–water partition coefficient (Wildman–Crippen LogP) is -0.726. The van der Waals surface area contributed by atoms with E-state index in [2.05, 4.69) is 10.3 Å². The quantitative estimate of drug-likeness (QED) is 0.676. The van der Waals surface area contributed by atoms with Crippen molar-refractivity contribution >= 4 is 23.9 Å². The van der Waals surface area contributed by atoms with Gasteiger partial charge in [0.2, 0.25) is 5.96 Å². The van der Waals surface area contributed by atoms with Gasteiger partial charge in [-0.05, 0) is 13.8 Å². The summed E-state index contributed by atoms with van der Waals surface area (Å²) in [4.78, 5) is 44.9. The third-order valence-corrected chi connectivity index (χ3v) is 4.29. The van der Waals surface area contributed by atoms with Gasteiger partial charge in [0.25, 0.3) is 5.91 Å². The average molecular weight is 307 g/mol. The molecule has 3 rings (SSSR count). The molecule has 9 nitrogen and oxygen atoms in total. The zero-order chi connectivity index (χ0) is 16.2. The Hall–Kier alpha value is -2.58. The van der Waals surface area contributed by atoms with Crippen molar-refractivity contribution in [2.75, 3.05) is 20.7 Å². The molecule has 0 saturated carbocycles. The summed E-state index contributed by atoms with van der Waals surface area (Å²) in [6.45, 7) is 3.71. The van der Waals surface area contributed by atoms with Crippen molar-refractivity contribution < 1.29 is 19.1 Å². The molecule has 2 unspecified atom stereocenters. The van der Waals surface area contributed by atoms with E-state index in [0.717, 1.165) is 11.4 Å². The summed E-state index contributed by atoms with van der Waals surface area (Å²) in [6.07, 6.45) is -0.598. The van der Waals surface area contributed by atoms with Crippen LogP contribution in [0.3, 0.4) is 0 Å². The largest absolute Gasteiger partial charge is 0.468 e. The van der Waals surface area contributed by atoms with Crippen LogP contribution in [0.5, 0.6) is 0 Å². The lowest BCUT2D eigenvalue weighted by molar-refractivity contribution is -0.140. The van der Waals surface area contributed by atoms with E-state index in [4.69, 9.17) is 4.74 Å². The van der Waals surface area contributed by atoms with Crippen LogP contribution in [0, 0.1) is 0 Å². The second kappa shape index (κ2) is 4.72. The molecule has 0 spiro atoms. The number of hydrogen-bond donors (Lipinski definition) is 1. The fourth-order valence-electron chi connectivity index (χ4n) is 2.91. The molecule has 0 aromatic carbocycles. The van der Waals surface area contributed by atoms with E-state index >= 15 is 0 Å². The molecule has 22 heavy (non-hydrogen) atoms. The Morgan fingerprint density at radius 2 is 2.00 bits per heavy atom. The Bertz CT molecular complexity index is 640. The Morgan fingerprint density at radius 1 is 1.32 bits per heavy atom. The second-order valence-corrected chi connectivity index (χ2v) is 5.40. The lowest BCUT2D eigenvalue weighted by atomic mass is 10.1. The SMILES string of the molecule is COC(=O)CN1C2=NC3C(C(=O)NC(=O)N3C)N2C(C)=C1C. The van der Waals surface area contributed by atoms with Gasteiger partial charge in [-0.3, -0.25) is 19.8 Å². The van der Waals surface area contributed by atoms with Gasteiger partial charge in [0.05, 0.1) is 7.11 Å². The number of carbonyl (C=O) groups excluding carboxylic acids is 3. The predicted molar refractivity (Wildman–Crippen MR) is 75.2 cm³/mol. The molecule has 1 N–H and O–H groups in total. The highest BCUT2D eigenvalue weighted by molar-refractivity contribution is 6.05. The number of guanidine groups is 1. The molecule has 1 saturated heterocycles. The molecule has 0 aromatic heterocycles. The summed E-state index contributed by atoms with van der Waals surface area (Å²) in [7, 11) is 2.90. The molecule has 3 aliphatic heterocycles. The van der Waals surface area contributed by atoms with E-state index in [0.29, 0.717) is 5.96 Å². The van der Waals surface area contributed by atoms with Gasteiger partial charge in [-0.2, -0.15) is 0 Å². The minimum absolute atomic E-state index is 0.00767. The first-order valence-corrected chi connectivity index (χ1v) is 6.83. The molecule has 0 aliphatic carbocycles. The fraction of sp³-hybridized carbons (Fsp3) is 0.538. The number of aliphatic imine (C=N–C) groups is 1. The highest BCUT2D eigenvalue weighted by atomic mass is 16.5. The van der Waals surface area contributed by atoms with E-state index in [9.17, 15) is 14.4 Å². The smallest absolute Gasteiger partial charge is 0.325 e. The number of hydrogen-bond acceptors (Lipinski definition) is 7. The number of nitrogens with one attached hydrogen (secondary N) is 1. The molecule has 3 heterocycles. The van der Waals surface area contributed by atoms with Gasteiger partial charge >= 0.3 is 12.0 Å². The third kappa shape index (κ3) is 1.78. The summed E-state index contributed by atoms with van der Waals surface area (Å²) < 4.78 is 4.70.